The molecule has 0 fully saturated rings. The third-order valence-corrected chi connectivity index (χ3v) is 2.89. The summed E-state index contributed by atoms with van der Waals surface area (Å²) in [6.07, 6.45) is 2.58. The molecule has 2 aromatic rings. The topological polar surface area (TPSA) is 42.4 Å². The van der Waals surface area contributed by atoms with Gasteiger partial charge >= 0.3 is 0 Å². The molecule has 0 aliphatic rings. The second-order valence-corrected chi connectivity index (χ2v) is 4.44. The van der Waals surface area contributed by atoms with Crippen molar-refractivity contribution >= 4 is 0 Å². The maximum Gasteiger partial charge on any atom is 0.143 e. The van der Waals surface area contributed by atoms with Crippen LogP contribution in [0, 0.1) is 13.8 Å². The van der Waals surface area contributed by atoms with Gasteiger partial charge in [-0.25, -0.2) is 0 Å². The van der Waals surface area contributed by atoms with Crippen molar-refractivity contribution in [3.63, 3.8) is 0 Å². The Bertz CT molecular complexity index is 532. The van der Waals surface area contributed by atoms with E-state index in [1.165, 1.54) is 0 Å². The van der Waals surface area contributed by atoms with Gasteiger partial charge in [0.1, 0.15) is 11.9 Å². The molecule has 18 heavy (non-hydrogen) atoms. The van der Waals surface area contributed by atoms with E-state index in [0.29, 0.717) is 5.75 Å². The molecule has 0 saturated carbocycles. The van der Waals surface area contributed by atoms with Gasteiger partial charge in [0, 0.05) is 11.8 Å². The molecule has 3 nitrogen and oxygen atoms in total. The molecule has 0 bridgehead atoms. The zero-order valence-corrected chi connectivity index (χ0v) is 10.8. The van der Waals surface area contributed by atoms with E-state index in [4.69, 9.17) is 4.74 Å². The largest absolute Gasteiger partial charge is 0.495 e. The molecule has 1 aromatic heterocycles. The van der Waals surface area contributed by atoms with E-state index < -0.39 is 6.10 Å². The van der Waals surface area contributed by atoms with Crippen LogP contribution in [0.25, 0.3) is 0 Å². The highest BCUT2D eigenvalue weighted by Crippen LogP contribution is 2.29. The molecule has 2 rings (SSSR count). The minimum absolute atomic E-state index is 0.601. The van der Waals surface area contributed by atoms with Gasteiger partial charge in [0.2, 0.25) is 0 Å². The van der Waals surface area contributed by atoms with Gasteiger partial charge in [-0.2, -0.15) is 0 Å². The number of methoxy groups -OCH3 is 1. The van der Waals surface area contributed by atoms with E-state index in [9.17, 15) is 5.11 Å². The third kappa shape index (κ3) is 2.51. The lowest BCUT2D eigenvalue weighted by Gasteiger charge is -2.15. The highest BCUT2D eigenvalue weighted by atomic mass is 16.5. The molecule has 1 N–H and O–H groups in total. The normalized spacial score (nSPS) is 12.2. The molecule has 94 valence electrons. The molecule has 1 aromatic carbocycles. The third-order valence-electron chi connectivity index (χ3n) is 2.89. The molecule has 0 aliphatic carbocycles. The van der Waals surface area contributed by atoms with Crippen molar-refractivity contribution in [2.75, 3.05) is 7.11 Å². The fourth-order valence-electron chi connectivity index (χ4n) is 2.13. The smallest absolute Gasteiger partial charge is 0.143 e. The zero-order valence-electron chi connectivity index (χ0n) is 10.8. The summed E-state index contributed by atoms with van der Waals surface area (Å²) in [6, 6.07) is 7.83. The lowest BCUT2D eigenvalue weighted by molar-refractivity contribution is 0.214. The van der Waals surface area contributed by atoms with Gasteiger partial charge in [-0.05, 0) is 25.5 Å². The molecular weight excluding hydrogens is 226 g/mol. The van der Waals surface area contributed by atoms with Crippen LogP contribution in [0.3, 0.4) is 0 Å². The number of benzene rings is 1. The van der Waals surface area contributed by atoms with E-state index >= 15 is 0 Å². The van der Waals surface area contributed by atoms with Crippen molar-refractivity contribution in [2.45, 2.75) is 20.0 Å². The molecule has 0 amide bonds. The van der Waals surface area contributed by atoms with E-state index in [2.05, 4.69) is 11.1 Å². The number of ether oxygens (including phenoxy) is 1. The van der Waals surface area contributed by atoms with Gasteiger partial charge in [-0.15, -0.1) is 0 Å². The van der Waals surface area contributed by atoms with E-state index in [-0.39, 0.29) is 0 Å². The first kappa shape index (κ1) is 12.6. The number of nitrogens with zero attached hydrogens (tertiary/aromatic N) is 1. The van der Waals surface area contributed by atoms with Crippen LogP contribution < -0.4 is 4.74 Å². The molecule has 3 heteroatoms. The van der Waals surface area contributed by atoms with Gasteiger partial charge < -0.3 is 9.84 Å². The second kappa shape index (κ2) is 5.19. The Morgan fingerprint density at radius 3 is 2.44 bits per heavy atom. The molecule has 0 saturated heterocycles. The number of hydrogen-bond acceptors (Lipinski definition) is 3. The van der Waals surface area contributed by atoms with Gasteiger partial charge in [0.15, 0.2) is 0 Å². The van der Waals surface area contributed by atoms with Crippen molar-refractivity contribution in [3.8, 4) is 5.75 Å². The molecule has 1 atom stereocenters. The fourth-order valence-corrected chi connectivity index (χ4v) is 2.13. The van der Waals surface area contributed by atoms with Gasteiger partial charge in [0.05, 0.1) is 13.3 Å². The van der Waals surface area contributed by atoms with Gasteiger partial charge in [0.25, 0.3) is 0 Å². The van der Waals surface area contributed by atoms with Crippen LogP contribution in [0.1, 0.15) is 28.4 Å². The highest BCUT2D eigenvalue weighted by Gasteiger charge is 2.15. The first-order chi connectivity index (χ1) is 8.61. The van der Waals surface area contributed by atoms with Crippen LogP contribution in [0.5, 0.6) is 5.75 Å². The Morgan fingerprint density at radius 1 is 1.17 bits per heavy atom. The van der Waals surface area contributed by atoms with Gasteiger partial charge in [-0.1, -0.05) is 29.3 Å². The molecule has 0 aliphatic heterocycles. The maximum atomic E-state index is 10.4. The first-order valence-electron chi connectivity index (χ1n) is 5.86. The van der Waals surface area contributed by atoms with Crippen LogP contribution in [0.4, 0.5) is 0 Å². The summed E-state index contributed by atoms with van der Waals surface area (Å²) in [5, 5.41) is 10.4. The summed E-state index contributed by atoms with van der Waals surface area (Å²) < 4.78 is 5.23. The van der Waals surface area contributed by atoms with Crippen molar-refractivity contribution in [2.24, 2.45) is 0 Å². The second-order valence-electron chi connectivity index (χ2n) is 4.44. The Labute approximate surface area is 107 Å². The predicted octanol–water partition coefficient (Wildman–Crippen LogP) is 2.79. The minimum Gasteiger partial charge on any atom is -0.495 e. The molecule has 1 unspecified atom stereocenters. The summed E-state index contributed by atoms with van der Waals surface area (Å²) in [7, 11) is 1.58. The number of aromatic nitrogens is 1. The van der Waals surface area contributed by atoms with E-state index in [0.717, 1.165) is 22.3 Å². The average molecular weight is 243 g/mol. The average Bonchev–Trinajstić information content (AvgIpc) is 2.36. The number of hydrogen-bond donors (Lipinski definition) is 1. The van der Waals surface area contributed by atoms with Crippen LogP contribution in [0.15, 0.2) is 36.7 Å². The van der Waals surface area contributed by atoms with Crippen molar-refractivity contribution in [3.05, 3.63) is 58.9 Å². The van der Waals surface area contributed by atoms with E-state index in [1.54, 1.807) is 25.6 Å². The first-order valence-corrected chi connectivity index (χ1v) is 5.86. The van der Waals surface area contributed by atoms with Crippen molar-refractivity contribution < 1.29 is 9.84 Å². The summed E-state index contributed by atoms with van der Waals surface area (Å²) in [5.74, 6) is 0.601. The summed E-state index contributed by atoms with van der Waals surface area (Å²) in [6.45, 7) is 4.04. The Kier molecular flexibility index (Phi) is 3.63. The fraction of sp³-hybridized carbons (Fsp3) is 0.267. The highest BCUT2D eigenvalue weighted by molar-refractivity contribution is 5.40. The number of pyridine rings is 1. The van der Waals surface area contributed by atoms with Crippen LogP contribution in [0.2, 0.25) is 0 Å². The van der Waals surface area contributed by atoms with Crippen molar-refractivity contribution in [1.82, 2.24) is 4.98 Å². The molecule has 0 spiro atoms. The molecule has 0 radical (unpaired) electrons. The number of aryl methyl sites for hydroxylation is 2. The lowest BCUT2D eigenvalue weighted by atomic mass is 9.98. The lowest BCUT2D eigenvalue weighted by Crippen LogP contribution is -2.03. The molecule has 1 heterocycles. The SMILES string of the molecule is COc1cnccc1C(O)c1cc(C)cc(C)c1. The molecular formula is C15H17NO2. The van der Waals surface area contributed by atoms with Gasteiger partial charge in [-0.3, -0.25) is 4.98 Å². The van der Waals surface area contributed by atoms with Crippen LogP contribution >= 0.6 is 0 Å². The summed E-state index contributed by atoms with van der Waals surface area (Å²) in [5.41, 5.74) is 3.88. The number of aliphatic hydroxyl groups is 1. The predicted molar refractivity (Wildman–Crippen MR) is 70.8 cm³/mol. The number of aliphatic hydroxyl groups excluding tert-OH is 1. The van der Waals surface area contributed by atoms with Crippen LogP contribution in [-0.4, -0.2) is 17.2 Å². The minimum atomic E-state index is -0.693. The van der Waals surface area contributed by atoms with Crippen LogP contribution in [-0.2, 0) is 0 Å². The Morgan fingerprint density at radius 2 is 1.83 bits per heavy atom. The number of rotatable bonds is 3. The Balaban J connectivity index is 2.44. The zero-order chi connectivity index (χ0) is 13.1. The monoisotopic (exact) mass is 243 g/mol. The standard InChI is InChI=1S/C15H17NO2/c1-10-6-11(2)8-12(7-10)15(17)13-4-5-16-9-14(13)18-3/h4-9,15,17H,1-3H3. The summed E-state index contributed by atoms with van der Waals surface area (Å²) >= 11 is 0. The Hall–Kier alpha value is -1.87. The van der Waals surface area contributed by atoms with E-state index in [1.807, 2.05) is 26.0 Å². The van der Waals surface area contributed by atoms with Crippen molar-refractivity contribution in [1.29, 1.82) is 0 Å². The maximum absolute atomic E-state index is 10.4. The quantitative estimate of drug-likeness (QED) is 0.901. The summed E-state index contributed by atoms with van der Waals surface area (Å²) in [4.78, 5) is 3.99.